The second-order valence-corrected chi connectivity index (χ2v) is 7.05. The van der Waals surface area contributed by atoms with Crippen LogP contribution in [0.3, 0.4) is 0 Å². The van der Waals surface area contributed by atoms with Gasteiger partial charge in [-0.05, 0) is 57.4 Å². The van der Waals surface area contributed by atoms with E-state index >= 15 is 0 Å². The van der Waals surface area contributed by atoms with Crippen LogP contribution in [0, 0.1) is 11.3 Å². The number of halogens is 1. The first-order valence-electron chi connectivity index (χ1n) is 8.42. The van der Waals surface area contributed by atoms with Gasteiger partial charge in [-0.1, -0.05) is 12.1 Å². The molecule has 2 aromatic carbocycles. The van der Waals surface area contributed by atoms with Gasteiger partial charge in [0, 0.05) is 14.1 Å². The van der Waals surface area contributed by atoms with Crippen LogP contribution in [0.4, 0.5) is 0 Å². The molecule has 0 aliphatic heterocycles. The van der Waals surface area contributed by atoms with Gasteiger partial charge in [0.2, 0.25) is 0 Å². The smallest absolute Gasteiger partial charge is 0.335 e. The van der Waals surface area contributed by atoms with E-state index in [4.69, 9.17) is 14.6 Å². The van der Waals surface area contributed by atoms with Gasteiger partial charge >= 0.3 is 5.97 Å². The Labute approximate surface area is 176 Å². The van der Waals surface area contributed by atoms with Crippen molar-refractivity contribution >= 4 is 33.9 Å². The van der Waals surface area contributed by atoms with E-state index in [2.05, 4.69) is 15.9 Å². The second-order valence-electron chi connectivity index (χ2n) is 6.19. The first-order chi connectivity index (χ1) is 13.8. The standard InChI is InChI=1S/C21H19BrN2O5/c1-24(2)20(25)16(11-23)8-14-9-17(22)19(18(10-14)28-3)29-12-13-4-6-15(7-5-13)21(26)27/h4-10H,12H2,1-3H3,(H,26,27)/b16-8-. The SMILES string of the molecule is COc1cc(/C=C(/C#N)C(=O)N(C)C)cc(Br)c1OCc1ccc(C(=O)O)cc1. The van der Waals surface area contributed by atoms with Crippen LogP contribution in [0.25, 0.3) is 6.08 Å². The van der Waals surface area contributed by atoms with Crippen molar-refractivity contribution in [2.75, 3.05) is 21.2 Å². The van der Waals surface area contributed by atoms with E-state index in [-0.39, 0.29) is 17.7 Å². The number of benzene rings is 2. The third kappa shape index (κ3) is 5.59. The molecule has 7 nitrogen and oxygen atoms in total. The van der Waals surface area contributed by atoms with Gasteiger partial charge in [0.25, 0.3) is 5.91 Å². The number of carbonyl (C=O) groups is 2. The van der Waals surface area contributed by atoms with E-state index in [9.17, 15) is 14.9 Å². The number of rotatable bonds is 7. The van der Waals surface area contributed by atoms with Gasteiger partial charge in [-0.2, -0.15) is 5.26 Å². The van der Waals surface area contributed by atoms with Gasteiger partial charge in [0.05, 0.1) is 17.1 Å². The highest BCUT2D eigenvalue weighted by Crippen LogP contribution is 2.37. The van der Waals surface area contributed by atoms with Crippen molar-refractivity contribution in [3.8, 4) is 17.6 Å². The number of carboxylic acid groups (broad SMARTS) is 1. The van der Waals surface area contributed by atoms with Crippen molar-refractivity contribution in [2.24, 2.45) is 0 Å². The van der Waals surface area contributed by atoms with Crippen molar-refractivity contribution in [3.63, 3.8) is 0 Å². The molecule has 0 aromatic heterocycles. The zero-order valence-electron chi connectivity index (χ0n) is 16.1. The number of nitrogens with zero attached hydrogens (tertiary/aromatic N) is 2. The summed E-state index contributed by atoms with van der Waals surface area (Å²) >= 11 is 3.43. The minimum absolute atomic E-state index is 0.00357. The van der Waals surface area contributed by atoms with Gasteiger partial charge in [0.1, 0.15) is 18.2 Å². The van der Waals surface area contributed by atoms with Crippen LogP contribution in [0.15, 0.2) is 46.4 Å². The third-order valence-corrected chi connectivity index (χ3v) is 4.49. The zero-order chi connectivity index (χ0) is 21.6. The molecule has 0 saturated heterocycles. The maximum Gasteiger partial charge on any atom is 0.335 e. The number of ether oxygens (including phenoxy) is 2. The lowest BCUT2D eigenvalue weighted by Crippen LogP contribution is -2.22. The summed E-state index contributed by atoms with van der Waals surface area (Å²) in [5, 5.41) is 18.2. The fourth-order valence-electron chi connectivity index (χ4n) is 2.41. The van der Waals surface area contributed by atoms with Crippen molar-refractivity contribution in [1.82, 2.24) is 4.90 Å². The Morgan fingerprint density at radius 3 is 2.41 bits per heavy atom. The van der Waals surface area contributed by atoms with Crippen LogP contribution in [0.1, 0.15) is 21.5 Å². The lowest BCUT2D eigenvalue weighted by molar-refractivity contribution is -0.124. The highest BCUT2D eigenvalue weighted by molar-refractivity contribution is 9.10. The fraction of sp³-hybridized carbons (Fsp3) is 0.190. The molecule has 0 spiro atoms. The van der Waals surface area contributed by atoms with Gasteiger partial charge < -0.3 is 19.5 Å². The quantitative estimate of drug-likeness (QED) is 0.501. The molecule has 0 unspecified atom stereocenters. The summed E-state index contributed by atoms with van der Waals surface area (Å²) in [6.07, 6.45) is 1.48. The average Bonchev–Trinajstić information content (AvgIpc) is 2.70. The number of carboxylic acids is 1. The summed E-state index contributed by atoms with van der Waals surface area (Å²) in [5.41, 5.74) is 1.58. The van der Waals surface area contributed by atoms with E-state index in [0.717, 1.165) is 5.56 Å². The highest BCUT2D eigenvalue weighted by atomic mass is 79.9. The van der Waals surface area contributed by atoms with Crippen LogP contribution < -0.4 is 9.47 Å². The summed E-state index contributed by atoms with van der Waals surface area (Å²) in [6, 6.07) is 11.6. The molecule has 2 aromatic rings. The molecule has 1 N–H and O–H groups in total. The normalized spacial score (nSPS) is 10.8. The second kappa shape index (κ2) is 9.75. The Morgan fingerprint density at radius 2 is 1.90 bits per heavy atom. The van der Waals surface area contributed by atoms with Gasteiger partial charge in [-0.25, -0.2) is 4.79 Å². The van der Waals surface area contributed by atoms with Crippen molar-refractivity contribution in [3.05, 3.63) is 63.1 Å². The first kappa shape index (κ1) is 22.0. The van der Waals surface area contributed by atoms with Gasteiger partial charge in [-0.15, -0.1) is 0 Å². The number of hydrogen-bond donors (Lipinski definition) is 1. The number of amides is 1. The number of likely N-dealkylation sites (N-methyl/N-ethyl adjacent to an activating group) is 1. The summed E-state index contributed by atoms with van der Waals surface area (Å²) in [7, 11) is 4.63. The number of nitriles is 1. The van der Waals surface area contributed by atoms with E-state index in [1.165, 1.54) is 30.2 Å². The van der Waals surface area contributed by atoms with Crippen LogP contribution in [-0.4, -0.2) is 43.1 Å². The first-order valence-corrected chi connectivity index (χ1v) is 9.22. The maximum absolute atomic E-state index is 12.0. The molecule has 0 atom stereocenters. The van der Waals surface area contributed by atoms with Gasteiger partial charge in [-0.3, -0.25) is 4.79 Å². The maximum atomic E-state index is 12.0. The Morgan fingerprint density at radius 1 is 1.24 bits per heavy atom. The zero-order valence-corrected chi connectivity index (χ0v) is 17.7. The summed E-state index contributed by atoms with van der Waals surface area (Å²) in [4.78, 5) is 24.3. The molecule has 0 aliphatic carbocycles. The number of aromatic carboxylic acids is 1. The van der Waals surface area contributed by atoms with Gasteiger partial charge in [0.15, 0.2) is 11.5 Å². The van der Waals surface area contributed by atoms with Crippen molar-refractivity contribution in [1.29, 1.82) is 5.26 Å². The number of methoxy groups -OCH3 is 1. The summed E-state index contributed by atoms with van der Waals surface area (Å²) in [5.74, 6) is -0.519. The molecule has 0 fully saturated rings. The Balaban J connectivity index is 2.27. The van der Waals surface area contributed by atoms with E-state index in [0.29, 0.717) is 21.5 Å². The monoisotopic (exact) mass is 458 g/mol. The predicted octanol–water partition coefficient (Wildman–Crippen LogP) is 3.73. The minimum atomic E-state index is -0.991. The number of carbonyl (C=O) groups excluding carboxylic acids is 1. The Kier molecular flexibility index (Phi) is 7.39. The molecular formula is C21H19BrN2O5. The Bertz CT molecular complexity index is 991. The molecule has 0 saturated carbocycles. The third-order valence-electron chi connectivity index (χ3n) is 3.90. The molecule has 150 valence electrons. The molecule has 0 radical (unpaired) electrons. The molecule has 0 aliphatic rings. The summed E-state index contributed by atoms with van der Waals surface area (Å²) < 4.78 is 11.8. The van der Waals surface area contributed by atoms with E-state index in [1.54, 1.807) is 38.4 Å². The van der Waals surface area contributed by atoms with Crippen LogP contribution in [-0.2, 0) is 11.4 Å². The van der Waals surface area contributed by atoms with Crippen molar-refractivity contribution in [2.45, 2.75) is 6.61 Å². The van der Waals surface area contributed by atoms with Crippen LogP contribution >= 0.6 is 15.9 Å². The fourth-order valence-corrected chi connectivity index (χ4v) is 2.99. The van der Waals surface area contributed by atoms with E-state index in [1.807, 2.05) is 6.07 Å². The summed E-state index contributed by atoms with van der Waals surface area (Å²) in [6.45, 7) is 0.201. The largest absolute Gasteiger partial charge is 0.493 e. The molecule has 29 heavy (non-hydrogen) atoms. The average molecular weight is 459 g/mol. The molecule has 0 bridgehead atoms. The molecule has 0 heterocycles. The molecule has 1 amide bonds. The van der Waals surface area contributed by atoms with Crippen molar-refractivity contribution < 1.29 is 24.2 Å². The highest BCUT2D eigenvalue weighted by Gasteiger charge is 2.15. The molecular weight excluding hydrogens is 440 g/mol. The predicted molar refractivity (Wildman–Crippen MR) is 111 cm³/mol. The number of hydrogen-bond acceptors (Lipinski definition) is 5. The Hall–Kier alpha value is -3.31. The molecule has 2 rings (SSSR count). The van der Waals surface area contributed by atoms with Crippen LogP contribution in [0.2, 0.25) is 0 Å². The minimum Gasteiger partial charge on any atom is -0.493 e. The topological polar surface area (TPSA) is 99.9 Å². The van der Waals surface area contributed by atoms with Crippen LogP contribution in [0.5, 0.6) is 11.5 Å². The molecule has 8 heteroatoms. The van der Waals surface area contributed by atoms with E-state index < -0.39 is 11.9 Å². The lowest BCUT2D eigenvalue weighted by atomic mass is 10.1. The lowest BCUT2D eigenvalue weighted by Gasteiger charge is -2.14.